The van der Waals surface area contributed by atoms with Crippen molar-refractivity contribution in [2.24, 2.45) is 10.9 Å². The van der Waals surface area contributed by atoms with Crippen molar-refractivity contribution in [2.75, 3.05) is 39.4 Å². The third kappa shape index (κ3) is 7.57. The lowest BCUT2D eigenvalue weighted by molar-refractivity contribution is -0.0432. The number of benzene rings is 1. The van der Waals surface area contributed by atoms with Crippen LogP contribution in [0.15, 0.2) is 29.3 Å². The van der Waals surface area contributed by atoms with E-state index in [2.05, 4.69) is 55.4 Å². The molecular formula is C23H39IN4O2. The lowest BCUT2D eigenvalue weighted by atomic mass is 10.1. The summed E-state index contributed by atoms with van der Waals surface area (Å²) in [6.45, 7) is 13.9. The predicted molar refractivity (Wildman–Crippen MR) is 134 cm³/mol. The highest BCUT2D eigenvalue weighted by Gasteiger charge is 2.32. The van der Waals surface area contributed by atoms with Gasteiger partial charge in [-0.1, -0.05) is 26.0 Å². The zero-order valence-corrected chi connectivity index (χ0v) is 21.2. The number of rotatable bonds is 8. The van der Waals surface area contributed by atoms with Crippen molar-refractivity contribution in [3.8, 4) is 5.75 Å². The highest BCUT2D eigenvalue weighted by atomic mass is 127. The molecule has 6 nitrogen and oxygen atoms in total. The number of hydrogen-bond donors (Lipinski definition) is 2. The Balaban J connectivity index is 0.00000320. The molecule has 2 fully saturated rings. The van der Waals surface area contributed by atoms with Crippen LogP contribution in [0.1, 0.15) is 52.1 Å². The fourth-order valence-electron chi connectivity index (χ4n) is 3.91. The maximum Gasteiger partial charge on any atom is 0.191 e. The van der Waals surface area contributed by atoms with E-state index in [0.29, 0.717) is 18.5 Å². The minimum atomic E-state index is 0. The Hall–Kier alpha value is -1.06. The Labute approximate surface area is 199 Å². The number of fused-ring (bicyclic) bond motifs is 1. The van der Waals surface area contributed by atoms with Gasteiger partial charge in [0.2, 0.25) is 0 Å². The Kier molecular flexibility index (Phi) is 10.7. The van der Waals surface area contributed by atoms with Crippen LogP contribution < -0.4 is 15.4 Å². The van der Waals surface area contributed by atoms with Gasteiger partial charge in [0, 0.05) is 19.1 Å². The number of morpholine rings is 1. The summed E-state index contributed by atoms with van der Waals surface area (Å²) in [4.78, 5) is 7.37. The van der Waals surface area contributed by atoms with Crippen LogP contribution in [0.25, 0.3) is 0 Å². The molecular weight excluding hydrogens is 491 g/mol. The first-order valence-electron chi connectivity index (χ1n) is 11.2. The van der Waals surface area contributed by atoms with Crippen molar-refractivity contribution >= 4 is 29.9 Å². The normalized spacial score (nSPS) is 22.9. The summed E-state index contributed by atoms with van der Waals surface area (Å²) in [6.07, 6.45) is 2.76. The fourth-order valence-corrected chi connectivity index (χ4v) is 3.91. The molecule has 7 heteroatoms. The van der Waals surface area contributed by atoms with E-state index in [9.17, 15) is 0 Å². The smallest absolute Gasteiger partial charge is 0.191 e. The van der Waals surface area contributed by atoms with Gasteiger partial charge < -0.3 is 20.1 Å². The van der Waals surface area contributed by atoms with E-state index in [1.165, 1.54) is 24.9 Å². The molecule has 0 amide bonds. The fraction of sp³-hybridized carbons (Fsp3) is 0.696. The Bertz CT molecular complexity index is 653. The zero-order chi connectivity index (χ0) is 20.6. The SMILES string of the molecule is CCNC(=NCC1CN2CCCC2CO1)NC(C)c1ccc(OCC(C)C)cc1.I. The molecule has 2 saturated heterocycles. The van der Waals surface area contributed by atoms with Gasteiger partial charge in [-0.2, -0.15) is 0 Å². The second-order valence-corrected chi connectivity index (χ2v) is 8.61. The number of aliphatic imine (C=N–C) groups is 1. The van der Waals surface area contributed by atoms with Gasteiger partial charge in [0.25, 0.3) is 0 Å². The van der Waals surface area contributed by atoms with Gasteiger partial charge in [0.1, 0.15) is 5.75 Å². The average molecular weight is 530 g/mol. The summed E-state index contributed by atoms with van der Waals surface area (Å²) in [6, 6.07) is 9.12. The van der Waals surface area contributed by atoms with Crippen molar-refractivity contribution < 1.29 is 9.47 Å². The van der Waals surface area contributed by atoms with Crippen molar-refractivity contribution in [1.29, 1.82) is 0 Å². The van der Waals surface area contributed by atoms with E-state index in [4.69, 9.17) is 14.5 Å². The maximum atomic E-state index is 6.04. The van der Waals surface area contributed by atoms with Gasteiger partial charge >= 0.3 is 0 Å². The molecule has 30 heavy (non-hydrogen) atoms. The zero-order valence-electron chi connectivity index (χ0n) is 18.9. The van der Waals surface area contributed by atoms with Crippen LogP contribution in [-0.2, 0) is 4.74 Å². The molecule has 0 aliphatic carbocycles. The molecule has 0 spiro atoms. The molecule has 2 heterocycles. The van der Waals surface area contributed by atoms with Gasteiger partial charge in [-0.15, -0.1) is 24.0 Å². The maximum absolute atomic E-state index is 6.04. The summed E-state index contributed by atoms with van der Waals surface area (Å²) in [5, 5.41) is 6.88. The minimum absolute atomic E-state index is 0. The first-order valence-corrected chi connectivity index (χ1v) is 11.2. The lowest BCUT2D eigenvalue weighted by Crippen LogP contribution is -2.47. The van der Waals surface area contributed by atoms with Crippen LogP contribution in [-0.4, -0.2) is 62.4 Å². The minimum Gasteiger partial charge on any atom is -0.493 e. The average Bonchev–Trinajstić information content (AvgIpc) is 3.19. The number of nitrogens with one attached hydrogen (secondary N) is 2. The molecule has 0 saturated carbocycles. The van der Waals surface area contributed by atoms with Crippen LogP contribution >= 0.6 is 24.0 Å². The van der Waals surface area contributed by atoms with Gasteiger partial charge in [0.05, 0.1) is 31.9 Å². The molecule has 0 bridgehead atoms. The van der Waals surface area contributed by atoms with Crippen LogP contribution in [0.3, 0.4) is 0 Å². The summed E-state index contributed by atoms with van der Waals surface area (Å²) in [5.74, 6) is 2.29. The number of halogens is 1. The third-order valence-electron chi connectivity index (χ3n) is 5.58. The molecule has 2 aliphatic rings. The van der Waals surface area contributed by atoms with Crippen LogP contribution in [0.5, 0.6) is 5.75 Å². The van der Waals surface area contributed by atoms with Crippen LogP contribution in [0.4, 0.5) is 0 Å². The third-order valence-corrected chi connectivity index (χ3v) is 5.58. The van der Waals surface area contributed by atoms with E-state index < -0.39 is 0 Å². The quantitative estimate of drug-likeness (QED) is 0.304. The summed E-state index contributed by atoms with van der Waals surface area (Å²) in [5.41, 5.74) is 1.21. The van der Waals surface area contributed by atoms with Gasteiger partial charge in [0.15, 0.2) is 5.96 Å². The molecule has 2 aliphatic heterocycles. The summed E-state index contributed by atoms with van der Waals surface area (Å²) >= 11 is 0. The topological polar surface area (TPSA) is 58.1 Å². The first kappa shape index (κ1) is 25.2. The van der Waals surface area contributed by atoms with Crippen LogP contribution in [0, 0.1) is 5.92 Å². The number of nitrogens with zero attached hydrogens (tertiary/aromatic N) is 2. The van der Waals surface area contributed by atoms with Crippen LogP contribution in [0.2, 0.25) is 0 Å². The van der Waals surface area contributed by atoms with Crippen molar-refractivity contribution in [3.05, 3.63) is 29.8 Å². The molecule has 1 aromatic carbocycles. The molecule has 3 atom stereocenters. The molecule has 0 aromatic heterocycles. The number of hydrogen-bond acceptors (Lipinski definition) is 4. The second kappa shape index (κ2) is 12.7. The van der Waals surface area contributed by atoms with Gasteiger partial charge in [-0.25, -0.2) is 0 Å². The Morgan fingerprint density at radius 2 is 2.03 bits per heavy atom. The first-order chi connectivity index (χ1) is 14.0. The second-order valence-electron chi connectivity index (χ2n) is 8.61. The van der Waals surface area contributed by atoms with Gasteiger partial charge in [-0.05, 0) is 56.8 Å². The van der Waals surface area contributed by atoms with E-state index in [1.807, 2.05) is 12.1 Å². The Morgan fingerprint density at radius 1 is 1.27 bits per heavy atom. The predicted octanol–water partition coefficient (Wildman–Crippen LogP) is 3.82. The van der Waals surface area contributed by atoms with Crippen molar-refractivity contribution in [2.45, 2.75) is 58.7 Å². The number of ether oxygens (including phenoxy) is 2. The van der Waals surface area contributed by atoms with Crippen molar-refractivity contribution in [3.63, 3.8) is 0 Å². The lowest BCUT2D eigenvalue weighted by Gasteiger charge is -2.34. The molecule has 3 rings (SSSR count). The molecule has 1 aromatic rings. The van der Waals surface area contributed by atoms with E-state index in [1.54, 1.807) is 0 Å². The molecule has 3 unspecified atom stereocenters. The highest BCUT2D eigenvalue weighted by Crippen LogP contribution is 2.23. The molecule has 0 radical (unpaired) electrons. The Morgan fingerprint density at radius 3 is 2.73 bits per heavy atom. The number of guanidine groups is 1. The summed E-state index contributed by atoms with van der Waals surface area (Å²) < 4.78 is 11.8. The van der Waals surface area contributed by atoms with E-state index in [0.717, 1.165) is 38.0 Å². The highest BCUT2D eigenvalue weighted by molar-refractivity contribution is 14.0. The van der Waals surface area contributed by atoms with Crippen molar-refractivity contribution in [1.82, 2.24) is 15.5 Å². The summed E-state index contributed by atoms with van der Waals surface area (Å²) in [7, 11) is 0. The van der Waals surface area contributed by atoms with Gasteiger partial charge in [-0.3, -0.25) is 9.89 Å². The van der Waals surface area contributed by atoms with E-state index >= 15 is 0 Å². The standard InChI is InChI=1S/C23H38N4O2.HI/c1-5-24-23(25-13-22-14-27-12-6-7-20(27)16-29-22)26-18(4)19-8-10-21(11-9-19)28-15-17(2)3;/h8-11,17-18,20,22H,5-7,12-16H2,1-4H3,(H2,24,25,26);1H. The monoisotopic (exact) mass is 530 g/mol. The molecule has 170 valence electrons. The van der Waals surface area contributed by atoms with E-state index in [-0.39, 0.29) is 36.1 Å². The largest absolute Gasteiger partial charge is 0.493 e. The molecule has 2 N–H and O–H groups in total.